The maximum atomic E-state index is 13.3. The molecule has 2 aliphatic heterocycles. The van der Waals surface area contributed by atoms with Gasteiger partial charge in [-0.25, -0.2) is 4.85 Å². The molecule has 1 saturated carbocycles. The zero-order valence-electron chi connectivity index (χ0n) is 26.5. The van der Waals surface area contributed by atoms with E-state index in [1.54, 1.807) is 25.1 Å². The molecule has 2 amide bonds. The lowest BCUT2D eigenvalue weighted by Crippen LogP contribution is -2.74. The Morgan fingerprint density at radius 1 is 0.977 bits per heavy atom. The number of halogens is 1. The molecule has 2 aromatic carbocycles. The third-order valence-electron chi connectivity index (χ3n) is 9.93. The summed E-state index contributed by atoms with van der Waals surface area (Å²) in [5, 5.41) is 3.63. The van der Waals surface area contributed by atoms with Gasteiger partial charge in [0.15, 0.2) is 0 Å². The number of piperidine rings is 2. The van der Waals surface area contributed by atoms with Crippen LogP contribution in [0, 0.1) is 35.2 Å². The highest BCUT2D eigenvalue weighted by atomic mass is 35.5. The van der Waals surface area contributed by atoms with Crippen LogP contribution >= 0.6 is 11.6 Å². The van der Waals surface area contributed by atoms with Crippen molar-refractivity contribution in [1.29, 1.82) is 0 Å². The lowest BCUT2D eigenvalue weighted by molar-refractivity contribution is -0.164. The van der Waals surface area contributed by atoms with E-state index in [2.05, 4.69) is 54.6 Å². The number of likely N-dealkylation sites (tertiary alicyclic amines) is 2. The summed E-state index contributed by atoms with van der Waals surface area (Å²) in [4.78, 5) is 32.9. The van der Waals surface area contributed by atoms with Gasteiger partial charge in [-0.2, -0.15) is 0 Å². The first kappa shape index (κ1) is 31.9. The van der Waals surface area contributed by atoms with Gasteiger partial charge in [-0.3, -0.25) is 9.59 Å². The Morgan fingerprint density at radius 2 is 1.61 bits per heavy atom. The Hall–Kier alpha value is -3.52. The van der Waals surface area contributed by atoms with Crippen LogP contribution < -0.4 is 10.1 Å². The van der Waals surface area contributed by atoms with E-state index < -0.39 is 0 Å². The number of nitrogens with zero attached hydrogens (tertiary/aromatic N) is 3. The molecule has 3 fully saturated rings. The molecular weight excluding hydrogens is 572 g/mol. The minimum absolute atomic E-state index is 0.0995. The minimum atomic E-state index is -0.322. The molecule has 232 valence electrons. The molecule has 0 atom stereocenters. The highest BCUT2D eigenvalue weighted by Crippen LogP contribution is 2.55. The zero-order valence-corrected chi connectivity index (χ0v) is 27.2. The molecule has 5 rings (SSSR count). The first-order valence-electron chi connectivity index (χ1n) is 15.7. The second kappa shape index (κ2) is 12.8. The summed E-state index contributed by atoms with van der Waals surface area (Å²) in [5.41, 5.74) is 1.28. The molecule has 2 heterocycles. The number of carbonyl (C=O) groups is 2. The molecule has 3 aliphatic rings. The van der Waals surface area contributed by atoms with Crippen molar-refractivity contribution in [3.63, 3.8) is 0 Å². The van der Waals surface area contributed by atoms with E-state index in [-0.39, 0.29) is 34.8 Å². The number of carbonyl (C=O) groups excluding carboxylic acids is 2. The largest absolute Gasteiger partial charge is 0.489 e. The van der Waals surface area contributed by atoms with Crippen molar-refractivity contribution < 1.29 is 14.3 Å². The summed E-state index contributed by atoms with van der Waals surface area (Å²) < 4.78 is 6.35. The molecule has 0 radical (unpaired) electrons. The predicted molar refractivity (Wildman–Crippen MR) is 174 cm³/mol. The van der Waals surface area contributed by atoms with Crippen LogP contribution in [0.3, 0.4) is 0 Å². The van der Waals surface area contributed by atoms with Crippen LogP contribution in [-0.2, 0) is 4.79 Å². The summed E-state index contributed by atoms with van der Waals surface area (Å²) in [6.07, 6.45) is 4.11. The topological polar surface area (TPSA) is 66.2 Å². The summed E-state index contributed by atoms with van der Waals surface area (Å²) in [6, 6.07) is 13.2. The third-order valence-corrected chi connectivity index (χ3v) is 10.2. The SMILES string of the molecule is [C-]#[N+]c1ccc(OC2C(C)(C)C(NC(=O)c3ccc(C#CC4CCN(C5CCN(C(C)=O)CC5)CC4)cc3)C2(C)C)cc1Cl. The number of hydrogen-bond donors (Lipinski definition) is 1. The van der Waals surface area contributed by atoms with Gasteiger partial charge in [0.2, 0.25) is 11.6 Å². The fourth-order valence-corrected chi connectivity index (χ4v) is 7.86. The molecule has 7 nitrogen and oxygen atoms in total. The van der Waals surface area contributed by atoms with Gasteiger partial charge in [0, 0.05) is 60.0 Å². The monoisotopic (exact) mass is 614 g/mol. The van der Waals surface area contributed by atoms with Crippen LogP contribution in [0.4, 0.5) is 5.69 Å². The number of amides is 2. The molecule has 2 aromatic rings. The van der Waals surface area contributed by atoms with Crippen LogP contribution in [-0.4, -0.2) is 66.0 Å². The van der Waals surface area contributed by atoms with Crippen molar-refractivity contribution in [1.82, 2.24) is 15.1 Å². The van der Waals surface area contributed by atoms with Crippen LogP contribution in [0.2, 0.25) is 5.02 Å². The van der Waals surface area contributed by atoms with Crippen molar-refractivity contribution in [2.75, 3.05) is 26.2 Å². The van der Waals surface area contributed by atoms with Gasteiger partial charge < -0.3 is 19.9 Å². The Labute approximate surface area is 267 Å². The van der Waals surface area contributed by atoms with Crippen LogP contribution in [0.25, 0.3) is 4.85 Å². The Kier molecular flexibility index (Phi) is 9.30. The molecule has 1 aliphatic carbocycles. The molecule has 1 N–H and O–H groups in total. The van der Waals surface area contributed by atoms with Crippen molar-refractivity contribution in [2.45, 2.75) is 78.5 Å². The van der Waals surface area contributed by atoms with E-state index in [9.17, 15) is 9.59 Å². The Balaban J connectivity index is 1.12. The van der Waals surface area contributed by atoms with Crippen LogP contribution in [0.5, 0.6) is 5.75 Å². The highest BCUT2D eigenvalue weighted by Gasteiger charge is 2.64. The highest BCUT2D eigenvalue weighted by molar-refractivity contribution is 6.33. The zero-order chi connectivity index (χ0) is 31.6. The lowest BCUT2D eigenvalue weighted by atomic mass is 9.49. The maximum Gasteiger partial charge on any atom is 0.251 e. The van der Waals surface area contributed by atoms with Crippen LogP contribution in [0.1, 0.15) is 76.2 Å². The average molecular weight is 615 g/mol. The maximum absolute atomic E-state index is 13.3. The normalized spacial score (nSPS) is 23.4. The van der Waals surface area contributed by atoms with Gasteiger partial charge in [-0.1, -0.05) is 57.2 Å². The van der Waals surface area contributed by atoms with Crippen molar-refractivity contribution >= 4 is 29.1 Å². The van der Waals surface area contributed by atoms with Crippen LogP contribution in [0.15, 0.2) is 42.5 Å². The standard InChI is InChI=1S/C36H43ClN4O3/c1-24(42)40-21-17-28(18-22-40)41-19-15-26(16-20-41)8-7-25-9-11-27(12-10-25)32(43)39-33-35(2,3)34(36(33,4)5)44-29-13-14-31(38-6)30(37)23-29/h9-14,23,26,28,33-34H,15-22H2,1-5H3,(H,39,43). The summed E-state index contributed by atoms with van der Waals surface area (Å²) >= 11 is 6.22. The number of nitrogens with one attached hydrogen (secondary N) is 1. The van der Waals surface area contributed by atoms with Gasteiger partial charge in [-0.15, -0.1) is 0 Å². The van der Waals surface area contributed by atoms with E-state index in [0.717, 1.165) is 57.4 Å². The first-order chi connectivity index (χ1) is 20.9. The number of rotatable bonds is 5. The molecular formula is C36H43ClN4O3. The average Bonchev–Trinajstić information content (AvgIpc) is 3.01. The predicted octanol–water partition coefficient (Wildman–Crippen LogP) is 6.58. The molecule has 0 unspecified atom stereocenters. The van der Waals surface area contributed by atoms with E-state index in [0.29, 0.717) is 34.0 Å². The third kappa shape index (κ3) is 6.60. The lowest BCUT2D eigenvalue weighted by Gasteiger charge is -2.63. The van der Waals surface area contributed by atoms with Gasteiger partial charge >= 0.3 is 0 Å². The van der Waals surface area contributed by atoms with Gasteiger partial charge in [0.05, 0.1) is 11.6 Å². The molecule has 0 spiro atoms. The minimum Gasteiger partial charge on any atom is -0.489 e. The number of benzene rings is 2. The second-order valence-corrected chi connectivity index (χ2v) is 14.1. The Bertz CT molecular complexity index is 1470. The Morgan fingerprint density at radius 3 is 2.18 bits per heavy atom. The fraction of sp³-hybridized carbons (Fsp3) is 0.528. The summed E-state index contributed by atoms with van der Waals surface area (Å²) in [6.45, 7) is 21.1. The van der Waals surface area contributed by atoms with Crippen molar-refractivity contribution in [3.05, 3.63) is 70.0 Å². The van der Waals surface area contributed by atoms with Crippen molar-refractivity contribution in [2.24, 2.45) is 16.7 Å². The van der Waals surface area contributed by atoms with Gasteiger partial charge in [0.25, 0.3) is 5.91 Å². The molecule has 44 heavy (non-hydrogen) atoms. The fourth-order valence-electron chi connectivity index (χ4n) is 7.65. The molecule has 0 aromatic heterocycles. The number of hydrogen-bond acceptors (Lipinski definition) is 4. The second-order valence-electron chi connectivity index (χ2n) is 13.7. The quantitative estimate of drug-likeness (QED) is 0.305. The smallest absolute Gasteiger partial charge is 0.251 e. The van der Waals surface area contributed by atoms with E-state index in [1.165, 1.54) is 0 Å². The van der Waals surface area contributed by atoms with E-state index >= 15 is 0 Å². The van der Waals surface area contributed by atoms with Gasteiger partial charge in [0.1, 0.15) is 11.9 Å². The molecule has 2 saturated heterocycles. The first-order valence-corrected chi connectivity index (χ1v) is 16.0. The molecule has 0 bridgehead atoms. The van der Waals surface area contributed by atoms with Crippen molar-refractivity contribution in [3.8, 4) is 17.6 Å². The summed E-state index contributed by atoms with van der Waals surface area (Å²) in [7, 11) is 0. The van der Waals surface area contributed by atoms with E-state index in [1.807, 2.05) is 29.2 Å². The number of ether oxygens (including phenoxy) is 1. The summed E-state index contributed by atoms with van der Waals surface area (Å²) in [5.74, 6) is 7.88. The van der Waals surface area contributed by atoms with Gasteiger partial charge in [-0.05, 0) is 75.2 Å². The molecule has 8 heteroatoms. The van der Waals surface area contributed by atoms with E-state index in [4.69, 9.17) is 22.9 Å².